The fourth-order valence-electron chi connectivity index (χ4n) is 5.32. The first-order chi connectivity index (χ1) is 6.63. The van der Waals surface area contributed by atoms with Crippen LogP contribution in [0, 0.1) is 35.0 Å². The normalized spacial score (nSPS) is 65.4. The lowest BCUT2D eigenvalue weighted by Crippen LogP contribution is -2.25. The highest BCUT2D eigenvalue weighted by atomic mass is 79.9. The molecule has 0 heterocycles. The predicted molar refractivity (Wildman–Crippen MR) is 64.5 cm³/mol. The van der Waals surface area contributed by atoms with Gasteiger partial charge in [0.05, 0.1) is 3.23 Å². The van der Waals surface area contributed by atoms with Gasteiger partial charge in [-0.25, -0.2) is 0 Å². The maximum atomic E-state index is 4.11. The average molecular weight is 318 g/mol. The summed E-state index contributed by atoms with van der Waals surface area (Å²) in [6, 6.07) is 0. The van der Waals surface area contributed by atoms with E-state index >= 15 is 0 Å². The Labute approximate surface area is 102 Å². The lowest BCUT2D eigenvalue weighted by atomic mass is 9.80. The molecule has 76 valence electrons. The van der Waals surface area contributed by atoms with Crippen molar-refractivity contribution in [1.29, 1.82) is 0 Å². The van der Waals surface area contributed by atoms with Gasteiger partial charge in [0.15, 0.2) is 0 Å². The van der Waals surface area contributed by atoms with Gasteiger partial charge in [-0.1, -0.05) is 37.9 Å². The lowest BCUT2D eigenvalue weighted by Gasteiger charge is -2.30. The Morgan fingerprint density at radius 2 is 1.86 bits per heavy atom. The van der Waals surface area contributed by atoms with Gasteiger partial charge in [0, 0.05) is 5.41 Å². The molecule has 4 aliphatic carbocycles. The second-order valence-corrected chi connectivity index (χ2v) is 9.31. The Morgan fingerprint density at radius 3 is 2.50 bits per heavy atom. The van der Waals surface area contributed by atoms with Gasteiger partial charge in [0.25, 0.3) is 0 Å². The van der Waals surface area contributed by atoms with Crippen molar-refractivity contribution in [1.82, 2.24) is 0 Å². The van der Waals surface area contributed by atoms with Crippen molar-refractivity contribution >= 4 is 31.9 Å². The number of hydrogen-bond acceptors (Lipinski definition) is 0. The van der Waals surface area contributed by atoms with Crippen LogP contribution >= 0.6 is 31.9 Å². The Balaban J connectivity index is 1.87. The summed E-state index contributed by atoms with van der Waals surface area (Å²) in [6.07, 6.45) is 6.76. The van der Waals surface area contributed by atoms with Crippen LogP contribution in [-0.2, 0) is 0 Å². The van der Waals surface area contributed by atoms with Gasteiger partial charge < -0.3 is 0 Å². The van der Waals surface area contributed by atoms with E-state index in [1.54, 1.807) is 0 Å². The third-order valence-corrected chi connectivity index (χ3v) is 8.00. The summed E-state index contributed by atoms with van der Waals surface area (Å²) in [5.41, 5.74) is 0.410. The molecule has 0 aliphatic heterocycles. The Bertz CT molecular complexity index is 331. The maximum Gasteiger partial charge on any atom is 0.0941 e. The van der Waals surface area contributed by atoms with E-state index in [0.717, 1.165) is 29.6 Å². The molecule has 2 heteroatoms. The molecular weight excluding hydrogens is 304 g/mol. The first-order valence-electron chi connectivity index (χ1n) is 5.64. The SMILES string of the molecule is C=CC12C3CC4CC3C(C4)C1C2(Br)Br. The van der Waals surface area contributed by atoms with Gasteiger partial charge in [-0.15, -0.1) is 6.58 Å². The van der Waals surface area contributed by atoms with Crippen molar-refractivity contribution in [3.8, 4) is 0 Å². The number of alkyl halides is 2. The first kappa shape index (κ1) is 8.81. The van der Waals surface area contributed by atoms with E-state index in [-0.39, 0.29) is 3.23 Å². The van der Waals surface area contributed by atoms with Crippen molar-refractivity contribution < 1.29 is 0 Å². The Kier molecular flexibility index (Phi) is 1.38. The molecule has 2 bridgehead atoms. The summed E-state index contributed by atoms with van der Waals surface area (Å²) in [6.45, 7) is 4.11. The molecule has 14 heavy (non-hydrogen) atoms. The minimum Gasteiger partial charge on any atom is -0.102 e. The van der Waals surface area contributed by atoms with Gasteiger partial charge >= 0.3 is 0 Å². The molecule has 0 aromatic heterocycles. The average Bonchev–Trinajstić information content (AvgIpc) is 2.53. The minimum absolute atomic E-state index is 0.218. The van der Waals surface area contributed by atoms with Crippen LogP contribution in [0.3, 0.4) is 0 Å². The van der Waals surface area contributed by atoms with Crippen LogP contribution < -0.4 is 0 Å². The summed E-state index contributed by atoms with van der Waals surface area (Å²) in [4.78, 5) is 0. The van der Waals surface area contributed by atoms with Crippen LogP contribution in [0.4, 0.5) is 0 Å². The van der Waals surface area contributed by atoms with Crippen molar-refractivity contribution in [3.63, 3.8) is 0 Å². The van der Waals surface area contributed by atoms with Crippen LogP contribution in [0.5, 0.6) is 0 Å². The summed E-state index contributed by atoms with van der Waals surface area (Å²) in [5.74, 6) is 4.89. The molecule has 0 radical (unpaired) electrons. The molecule has 0 spiro atoms. The van der Waals surface area contributed by atoms with Crippen LogP contribution in [-0.4, -0.2) is 3.23 Å². The number of halogens is 2. The van der Waals surface area contributed by atoms with Crippen LogP contribution in [0.15, 0.2) is 12.7 Å². The lowest BCUT2D eigenvalue weighted by molar-refractivity contribution is 0.256. The van der Waals surface area contributed by atoms with Crippen LogP contribution in [0.1, 0.15) is 19.3 Å². The van der Waals surface area contributed by atoms with Crippen molar-refractivity contribution in [2.75, 3.05) is 0 Å². The van der Waals surface area contributed by atoms with E-state index in [9.17, 15) is 0 Å². The molecule has 0 N–H and O–H groups in total. The molecule has 4 aliphatic rings. The summed E-state index contributed by atoms with van der Waals surface area (Å²) < 4.78 is 0.218. The van der Waals surface area contributed by atoms with Crippen molar-refractivity contribution in [2.45, 2.75) is 22.5 Å². The van der Waals surface area contributed by atoms with Crippen LogP contribution in [0.25, 0.3) is 0 Å². The zero-order chi connectivity index (χ0) is 9.72. The van der Waals surface area contributed by atoms with Crippen molar-refractivity contribution in [3.05, 3.63) is 12.7 Å². The number of fused-ring (bicyclic) bond motifs is 4. The van der Waals surface area contributed by atoms with Gasteiger partial charge in [-0.3, -0.25) is 0 Å². The van der Waals surface area contributed by atoms with Gasteiger partial charge in [-0.05, 0) is 48.9 Å². The largest absolute Gasteiger partial charge is 0.102 e. The Hall–Kier alpha value is 0.700. The highest BCUT2D eigenvalue weighted by molar-refractivity contribution is 9.25. The highest BCUT2D eigenvalue weighted by Crippen LogP contribution is 2.88. The molecule has 0 aromatic rings. The molecule has 4 fully saturated rings. The smallest absolute Gasteiger partial charge is 0.0941 e. The minimum atomic E-state index is 0.218. The number of hydrogen-bond donors (Lipinski definition) is 0. The highest BCUT2D eigenvalue weighted by Gasteiger charge is 2.85. The zero-order valence-corrected chi connectivity index (χ0v) is 11.2. The van der Waals surface area contributed by atoms with E-state index in [0.29, 0.717) is 5.41 Å². The molecule has 6 unspecified atom stereocenters. The standard InChI is InChI=1S/C12H14Br2/c1-2-11-9-5-6-3-7(9)8(4-6)10(11)12(11,13)14/h2,6-10H,1,3-5H2. The fourth-order valence-corrected chi connectivity index (χ4v) is 7.94. The molecule has 6 atom stereocenters. The zero-order valence-electron chi connectivity index (χ0n) is 8.05. The second kappa shape index (κ2) is 2.20. The number of allylic oxidation sites excluding steroid dienone is 1. The third kappa shape index (κ3) is 0.626. The Morgan fingerprint density at radius 1 is 1.14 bits per heavy atom. The van der Waals surface area contributed by atoms with Gasteiger partial charge in [0.2, 0.25) is 0 Å². The summed E-state index contributed by atoms with van der Waals surface area (Å²) >= 11 is 7.79. The first-order valence-corrected chi connectivity index (χ1v) is 7.23. The molecule has 0 aromatic carbocycles. The molecular formula is C12H14Br2. The van der Waals surface area contributed by atoms with Crippen molar-refractivity contribution in [2.24, 2.45) is 35.0 Å². The van der Waals surface area contributed by atoms with E-state index in [1.807, 2.05) is 0 Å². The second-order valence-electron chi connectivity index (χ2n) is 5.75. The third-order valence-electron chi connectivity index (χ3n) is 5.64. The van der Waals surface area contributed by atoms with Crippen LogP contribution in [0.2, 0.25) is 0 Å². The quantitative estimate of drug-likeness (QED) is 0.507. The molecule has 4 saturated carbocycles. The van der Waals surface area contributed by atoms with Gasteiger partial charge in [-0.2, -0.15) is 0 Å². The molecule has 0 nitrogen and oxygen atoms in total. The summed E-state index contributed by atoms with van der Waals surface area (Å²) in [7, 11) is 0. The monoisotopic (exact) mass is 316 g/mol. The fraction of sp³-hybridized carbons (Fsp3) is 0.833. The predicted octanol–water partition coefficient (Wildman–Crippen LogP) is 3.95. The van der Waals surface area contributed by atoms with E-state index < -0.39 is 0 Å². The molecule has 4 rings (SSSR count). The van der Waals surface area contributed by atoms with E-state index in [2.05, 4.69) is 44.5 Å². The molecule has 0 saturated heterocycles. The van der Waals surface area contributed by atoms with E-state index in [1.165, 1.54) is 19.3 Å². The molecule has 0 amide bonds. The maximum absolute atomic E-state index is 4.11. The topological polar surface area (TPSA) is 0 Å². The van der Waals surface area contributed by atoms with E-state index in [4.69, 9.17) is 0 Å². The number of rotatable bonds is 1. The summed E-state index contributed by atoms with van der Waals surface area (Å²) in [5, 5.41) is 0. The van der Waals surface area contributed by atoms with Gasteiger partial charge in [0.1, 0.15) is 0 Å².